The highest BCUT2D eigenvalue weighted by molar-refractivity contribution is 14.0. The second kappa shape index (κ2) is 10.1. The zero-order valence-electron chi connectivity index (χ0n) is 16.3. The first-order valence-electron chi connectivity index (χ1n) is 10.1. The summed E-state index contributed by atoms with van der Waals surface area (Å²) in [6, 6.07) is 10.7. The largest absolute Gasteiger partial charge is 0.371 e. The van der Waals surface area contributed by atoms with E-state index in [1.165, 1.54) is 36.1 Å². The van der Waals surface area contributed by atoms with E-state index in [0.29, 0.717) is 11.9 Å². The van der Waals surface area contributed by atoms with Gasteiger partial charge in [-0.1, -0.05) is 12.1 Å². The van der Waals surface area contributed by atoms with Crippen molar-refractivity contribution in [3.8, 4) is 0 Å². The molecule has 5 nitrogen and oxygen atoms in total. The first kappa shape index (κ1) is 20.9. The maximum atomic E-state index is 6.20. The average molecular weight is 491 g/mol. The van der Waals surface area contributed by atoms with Gasteiger partial charge in [-0.2, -0.15) is 0 Å². The maximum absolute atomic E-state index is 6.20. The number of aliphatic imine (C=N–C) groups is 1. The average Bonchev–Trinajstić information content (AvgIpc) is 2.74. The van der Waals surface area contributed by atoms with Gasteiger partial charge in [0.15, 0.2) is 5.96 Å². The van der Waals surface area contributed by atoms with E-state index in [1.54, 1.807) is 0 Å². The molecule has 0 unspecified atom stereocenters. The standard InChI is InChI=1S/C22H29N5.HI/c23-22(26-21-7-3-5-18-4-1-2-6-20(18)21)25-16-17-10-14-27(15-11-17)19-8-12-24-13-9-19;/h3,5,7-9,12-13,17H,1-2,4,6,10-11,14-16H2,(H3,23,25,26);1H. The molecule has 0 radical (unpaired) electrons. The summed E-state index contributed by atoms with van der Waals surface area (Å²) in [5, 5.41) is 3.35. The highest BCUT2D eigenvalue weighted by Gasteiger charge is 2.19. The van der Waals surface area contributed by atoms with Crippen LogP contribution in [0.4, 0.5) is 11.4 Å². The molecule has 4 rings (SSSR count). The first-order valence-corrected chi connectivity index (χ1v) is 10.1. The Morgan fingerprint density at radius 2 is 1.86 bits per heavy atom. The predicted octanol–water partition coefficient (Wildman–Crippen LogP) is 4.22. The van der Waals surface area contributed by atoms with E-state index in [1.807, 2.05) is 12.4 Å². The van der Waals surface area contributed by atoms with E-state index < -0.39 is 0 Å². The van der Waals surface area contributed by atoms with Crippen LogP contribution < -0.4 is 16.0 Å². The highest BCUT2D eigenvalue weighted by atomic mass is 127. The molecule has 1 aromatic carbocycles. The molecule has 0 spiro atoms. The minimum absolute atomic E-state index is 0. The van der Waals surface area contributed by atoms with Crippen molar-refractivity contribution in [1.82, 2.24) is 4.98 Å². The van der Waals surface area contributed by atoms with Crippen LogP contribution in [0.15, 0.2) is 47.7 Å². The highest BCUT2D eigenvalue weighted by Crippen LogP contribution is 2.28. The molecule has 1 aliphatic carbocycles. The van der Waals surface area contributed by atoms with Crippen molar-refractivity contribution in [2.75, 3.05) is 29.9 Å². The van der Waals surface area contributed by atoms with Crippen molar-refractivity contribution in [3.63, 3.8) is 0 Å². The SMILES string of the molecule is I.NC(=NCC1CCN(c2ccncc2)CC1)Nc1cccc2c1CCCC2. The number of hydrogen-bond acceptors (Lipinski definition) is 3. The van der Waals surface area contributed by atoms with Crippen LogP contribution in [-0.2, 0) is 12.8 Å². The predicted molar refractivity (Wildman–Crippen MR) is 128 cm³/mol. The quantitative estimate of drug-likeness (QED) is 0.382. The van der Waals surface area contributed by atoms with E-state index >= 15 is 0 Å². The van der Waals surface area contributed by atoms with Gasteiger partial charge in [0, 0.05) is 43.4 Å². The van der Waals surface area contributed by atoms with Crippen molar-refractivity contribution in [2.24, 2.45) is 16.6 Å². The molecule has 1 aromatic heterocycles. The molecular formula is C22H30IN5. The molecule has 1 fully saturated rings. The Bertz CT molecular complexity index is 785. The van der Waals surface area contributed by atoms with Crippen LogP contribution in [0.25, 0.3) is 0 Å². The molecule has 6 heteroatoms. The number of hydrogen-bond donors (Lipinski definition) is 2. The third-order valence-corrected chi connectivity index (χ3v) is 5.82. The van der Waals surface area contributed by atoms with Crippen molar-refractivity contribution >= 4 is 41.3 Å². The third-order valence-electron chi connectivity index (χ3n) is 5.82. The molecule has 0 saturated carbocycles. The molecule has 2 heterocycles. The van der Waals surface area contributed by atoms with Crippen molar-refractivity contribution in [1.29, 1.82) is 0 Å². The van der Waals surface area contributed by atoms with E-state index in [9.17, 15) is 0 Å². The first-order chi connectivity index (χ1) is 13.3. The van der Waals surface area contributed by atoms with Crippen molar-refractivity contribution in [3.05, 3.63) is 53.9 Å². The Morgan fingerprint density at radius 1 is 1.11 bits per heavy atom. The van der Waals surface area contributed by atoms with Gasteiger partial charge in [-0.25, -0.2) is 0 Å². The Morgan fingerprint density at radius 3 is 2.64 bits per heavy atom. The molecular weight excluding hydrogens is 461 g/mol. The molecule has 0 amide bonds. The van der Waals surface area contributed by atoms with Gasteiger partial charge in [0.05, 0.1) is 0 Å². The van der Waals surface area contributed by atoms with E-state index in [-0.39, 0.29) is 24.0 Å². The Labute approximate surface area is 184 Å². The van der Waals surface area contributed by atoms with Crippen LogP contribution in [0.5, 0.6) is 0 Å². The second-order valence-corrected chi connectivity index (χ2v) is 7.64. The molecule has 28 heavy (non-hydrogen) atoms. The molecule has 3 N–H and O–H groups in total. The molecule has 1 aliphatic heterocycles. The van der Waals surface area contributed by atoms with Crippen LogP contribution in [-0.4, -0.2) is 30.6 Å². The van der Waals surface area contributed by atoms with Crippen LogP contribution in [0.1, 0.15) is 36.8 Å². The van der Waals surface area contributed by atoms with Crippen LogP contribution in [0.2, 0.25) is 0 Å². The summed E-state index contributed by atoms with van der Waals surface area (Å²) in [7, 11) is 0. The third kappa shape index (κ3) is 5.16. The molecule has 150 valence electrons. The summed E-state index contributed by atoms with van der Waals surface area (Å²) in [6.45, 7) is 2.95. The summed E-state index contributed by atoms with van der Waals surface area (Å²) >= 11 is 0. The number of nitrogens with two attached hydrogens (primary N) is 1. The van der Waals surface area contributed by atoms with Gasteiger partial charge in [-0.05, 0) is 73.8 Å². The lowest BCUT2D eigenvalue weighted by molar-refractivity contribution is 0.415. The van der Waals surface area contributed by atoms with Crippen LogP contribution >= 0.6 is 24.0 Å². The zero-order chi connectivity index (χ0) is 18.5. The number of aryl methyl sites for hydroxylation is 1. The Hall–Kier alpha value is -1.83. The van der Waals surface area contributed by atoms with Gasteiger partial charge in [0.2, 0.25) is 0 Å². The second-order valence-electron chi connectivity index (χ2n) is 7.64. The topological polar surface area (TPSA) is 66.5 Å². The van der Waals surface area contributed by atoms with Crippen molar-refractivity contribution < 1.29 is 0 Å². The fraction of sp³-hybridized carbons (Fsp3) is 0.455. The lowest BCUT2D eigenvalue weighted by atomic mass is 9.90. The number of fused-ring (bicyclic) bond motifs is 1. The number of anilines is 2. The van der Waals surface area contributed by atoms with Crippen molar-refractivity contribution in [2.45, 2.75) is 38.5 Å². The number of nitrogens with zero attached hydrogens (tertiary/aromatic N) is 3. The van der Waals surface area contributed by atoms with E-state index in [4.69, 9.17) is 5.73 Å². The van der Waals surface area contributed by atoms with E-state index in [0.717, 1.165) is 44.6 Å². The van der Waals surface area contributed by atoms with Gasteiger partial charge in [0.25, 0.3) is 0 Å². The van der Waals surface area contributed by atoms with Gasteiger partial charge in [-0.3, -0.25) is 9.98 Å². The number of piperidine rings is 1. The lowest BCUT2D eigenvalue weighted by Gasteiger charge is -2.33. The fourth-order valence-electron chi connectivity index (χ4n) is 4.23. The monoisotopic (exact) mass is 491 g/mol. The summed E-state index contributed by atoms with van der Waals surface area (Å²) in [6.07, 6.45) is 10.9. The van der Waals surface area contributed by atoms with Crippen LogP contribution in [0, 0.1) is 5.92 Å². The van der Waals surface area contributed by atoms with Gasteiger partial charge in [-0.15, -0.1) is 24.0 Å². The summed E-state index contributed by atoms with van der Waals surface area (Å²) in [5.74, 6) is 1.15. The fourth-order valence-corrected chi connectivity index (χ4v) is 4.23. The molecule has 2 aromatic rings. The molecule has 1 saturated heterocycles. The minimum atomic E-state index is 0. The number of rotatable bonds is 4. The molecule has 0 bridgehead atoms. The number of nitrogens with one attached hydrogen (secondary N) is 1. The van der Waals surface area contributed by atoms with Gasteiger partial charge in [0.1, 0.15) is 0 Å². The van der Waals surface area contributed by atoms with Gasteiger partial charge >= 0.3 is 0 Å². The molecule has 0 atom stereocenters. The zero-order valence-corrected chi connectivity index (χ0v) is 18.6. The van der Waals surface area contributed by atoms with E-state index in [2.05, 4.69) is 50.5 Å². The number of guanidine groups is 1. The number of pyridine rings is 1. The number of aromatic nitrogens is 1. The molecule has 2 aliphatic rings. The number of halogens is 1. The Kier molecular flexibility index (Phi) is 7.53. The smallest absolute Gasteiger partial charge is 0.193 e. The lowest BCUT2D eigenvalue weighted by Crippen LogP contribution is -2.35. The minimum Gasteiger partial charge on any atom is -0.371 e. The van der Waals surface area contributed by atoms with Gasteiger partial charge < -0.3 is 16.0 Å². The normalized spacial score (nSPS) is 17.6. The van der Waals surface area contributed by atoms with Crippen LogP contribution in [0.3, 0.4) is 0 Å². The number of benzene rings is 1. The maximum Gasteiger partial charge on any atom is 0.193 e. The summed E-state index contributed by atoms with van der Waals surface area (Å²) in [4.78, 5) is 11.2. The summed E-state index contributed by atoms with van der Waals surface area (Å²) < 4.78 is 0. The summed E-state index contributed by atoms with van der Waals surface area (Å²) in [5.41, 5.74) is 11.5. The Balaban J connectivity index is 0.00000225.